The van der Waals surface area contributed by atoms with E-state index in [1.54, 1.807) is 4.90 Å². The molecular weight excluding hydrogens is 342 g/mol. The van der Waals surface area contributed by atoms with Crippen molar-refractivity contribution in [3.63, 3.8) is 0 Å². The Labute approximate surface area is 148 Å². The van der Waals surface area contributed by atoms with Gasteiger partial charge in [0, 0.05) is 13.1 Å². The number of aryl methyl sites for hydroxylation is 1. The van der Waals surface area contributed by atoms with Crippen molar-refractivity contribution in [3.8, 4) is 0 Å². The molecule has 8 heteroatoms. The van der Waals surface area contributed by atoms with Crippen LogP contribution in [0.5, 0.6) is 0 Å². The number of ether oxygens (including phenoxy) is 1. The minimum Gasteiger partial charge on any atom is -0.447 e. The highest BCUT2D eigenvalue weighted by Gasteiger charge is 2.22. The van der Waals surface area contributed by atoms with E-state index in [4.69, 9.17) is 13.6 Å². The van der Waals surface area contributed by atoms with Gasteiger partial charge in [-0.15, -0.1) is 0 Å². The van der Waals surface area contributed by atoms with Crippen LogP contribution in [0.4, 0.5) is 0 Å². The molecule has 1 saturated heterocycles. The minimum absolute atomic E-state index is 0.124. The quantitative estimate of drug-likeness (QED) is 0.663. The monoisotopic (exact) mass is 359 g/mol. The van der Waals surface area contributed by atoms with E-state index in [0.717, 1.165) is 16.7 Å². The van der Waals surface area contributed by atoms with Crippen molar-refractivity contribution in [2.75, 3.05) is 26.3 Å². The molecule has 2 aromatic heterocycles. The van der Waals surface area contributed by atoms with E-state index in [0.29, 0.717) is 48.9 Å². The molecule has 4 rings (SSSR count). The van der Waals surface area contributed by atoms with Gasteiger partial charge in [-0.2, -0.15) is 0 Å². The number of hydrogen-bond donors (Lipinski definition) is 0. The third-order valence-corrected chi connectivity index (χ3v) is 4.80. The first-order chi connectivity index (χ1) is 12.2. The molecular formula is C17H17N3O4S. The molecule has 3 heterocycles. The van der Waals surface area contributed by atoms with Crippen LogP contribution in [0.15, 0.2) is 38.5 Å². The van der Waals surface area contributed by atoms with Crippen LogP contribution in [-0.4, -0.2) is 47.1 Å². The van der Waals surface area contributed by atoms with Crippen LogP contribution in [0, 0.1) is 6.92 Å². The normalized spacial score (nSPS) is 15.0. The van der Waals surface area contributed by atoms with Crippen molar-refractivity contribution in [1.29, 1.82) is 0 Å². The zero-order valence-corrected chi connectivity index (χ0v) is 14.5. The molecule has 25 heavy (non-hydrogen) atoms. The SMILES string of the molecule is Cc1cccc2oc(SCc3nc(C(=O)N4CCOCC4)co3)nc12. The highest BCUT2D eigenvalue weighted by atomic mass is 32.2. The Bertz CT molecular complexity index is 898. The molecule has 3 aromatic rings. The van der Waals surface area contributed by atoms with Gasteiger partial charge in [0.05, 0.1) is 19.0 Å². The average Bonchev–Trinajstić information content (AvgIpc) is 3.27. The average molecular weight is 359 g/mol. The number of carbonyl (C=O) groups excluding carboxylic acids is 1. The summed E-state index contributed by atoms with van der Waals surface area (Å²) in [7, 11) is 0. The number of para-hydroxylation sites is 1. The van der Waals surface area contributed by atoms with Gasteiger partial charge in [-0.1, -0.05) is 23.9 Å². The first-order valence-electron chi connectivity index (χ1n) is 8.01. The summed E-state index contributed by atoms with van der Waals surface area (Å²) >= 11 is 1.39. The zero-order chi connectivity index (χ0) is 17.2. The maximum Gasteiger partial charge on any atom is 0.275 e. The van der Waals surface area contributed by atoms with Gasteiger partial charge in [-0.05, 0) is 18.6 Å². The highest BCUT2D eigenvalue weighted by molar-refractivity contribution is 7.98. The summed E-state index contributed by atoms with van der Waals surface area (Å²) in [5.41, 5.74) is 3.02. The third-order valence-electron chi connectivity index (χ3n) is 3.99. The van der Waals surface area contributed by atoms with E-state index in [2.05, 4.69) is 9.97 Å². The van der Waals surface area contributed by atoms with E-state index in [1.165, 1.54) is 18.0 Å². The van der Waals surface area contributed by atoms with Crippen molar-refractivity contribution in [2.24, 2.45) is 0 Å². The number of amides is 1. The molecule has 0 unspecified atom stereocenters. The molecule has 1 aliphatic heterocycles. The lowest BCUT2D eigenvalue weighted by atomic mass is 10.2. The lowest BCUT2D eigenvalue weighted by molar-refractivity contribution is 0.0299. The number of nitrogens with zero attached hydrogens (tertiary/aromatic N) is 3. The molecule has 7 nitrogen and oxygen atoms in total. The summed E-state index contributed by atoms with van der Waals surface area (Å²) in [6, 6.07) is 5.83. The van der Waals surface area contributed by atoms with E-state index in [9.17, 15) is 4.79 Å². The van der Waals surface area contributed by atoms with Gasteiger partial charge >= 0.3 is 0 Å². The Balaban J connectivity index is 1.42. The second-order valence-electron chi connectivity index (χ2n) is 5.72. The van der Waals surface area contributed by atoms with E-state index >= 15 is 0 Å². The molecule has 0 spiro atoms. The summed E-state index contributed by atoms with van der Waals surface area (Å²) in [6.07, 6.45) is 1.41. The smallest absolute Gasteiger partial charge is 0.275 e. The zero-order valence-electron chi connectivity index (χ0n) is 13.7. The molecule has 1 amide bonds. The summed E-state index contributed by atoms with van der Waals surface area (Å²) in [5, 5.41) is 0.559. The topological polar surface area (TPSA) is 81.6 Å². The van der Waals surface area contributed by atoms with Gasteiger partial charge < -0.3 is 18.5 Å². The fraction of sp³-hybridized carbons (Fsp3) is 0.353. The maximum atomic E-state index is 12.4. The second-order valence-corrected chi connectivity index (χ2v) is 6.65. The molecule has 0 N–H and O–H groups in total. The molecule has 0 aliphatic carbocycles. The van der Waals surface area contributed by atoms with Crippen molar-refractivity contribution in [1.82, 2.24) is 14.9 Å². The Morgan fingerprint density at radius 3 is 2.92 bits per heavy atom. The summed E-state index contributed by atoms with van der Waals surface area (Å²) in [6.45, 7) is 4.28. The van der Waals surface area contributed by atoms with E-state index < -0.39 is 0 Å². The summed E-state index contributed by atoms with van der Waals surface area (Å²) < 4.78 is 16.4. The van der Waals surface area contributed by atoms with Crippen molar-refractivity contribution in [2.45, 2.75) is 17.9 Å². The van der Waals surface area contributed by atoms with Gasteiger partial charge in [0.15, 0.2) is 11.3 Å². The van der Waals surface area contributed by atoms with Gasteiger partial charge in [-0.25, -0.2) is 9.97 Å². The standard InChI is InChI=1S/C17H17N3O4S/c1-11-3-2-4-13-15(11)19-17(24-13)25-10-14-18-12(9-23-14)16(21)20-5-7-22-8-6-20/h2-4,9H,5-8,10H2,1H3. The molecule has 1 aliphatic rings. The van der Waals surface area contributed by atoms with Crippen molar-refractivity contribution in [3.05, 3.63) is 41.6 Å². The number of fused-ring (bicyclic) bond motifs is 1. The van der Waals surface area contributed by atoms with Crippen LogP contribution in [0.3, 0.4) is 0 Å². The Morgan fingerprint density at radius 2 is 2.12 bits per heavy atom. The molecule has 1 aromatic carbocycles. The summed E-state index contributed by atoms with van der Waals surface area (Å²) in [5.74, 6) is 0.795. The molecule has 0 bridgehead atoms. The van der Waals surface area contributed by atoms with Gasteiger partial charge in [0.1, 0.15) is 11.8 Å². The molecule has 0 saturated carbocycles. The van der Waals surface area contributed by atoms with Gasteiger partial charge in [-0.3, -0.25) is 4.79 Å². The van der Waals surface area contributed by atoms with E-state index in [-0.39, 0.29) is 5.91 Å². The Kier molecular flexibility index (Phi) is 4.46. The third kappa shape index (κ3) is 3.40. The number of morpholine rings is 1. The van der Waals surface area contributed by atoms with Gasteiger partial charge in [0.2, 0.25) is 5.89 Å². The van der Waals surface area contributed by atoms with Gasteiger partial charge in [0.25, 0.3) is 11.1 Å². The lowest BCUT2D eigenvalue weighted by Gasteiger charge is -2.25. The minimum atomic E-state index is -0.124. The number of hydrogen-bond acceptors (Lipinski definition) is 7. The molecule has 0 atom stereocenters. The number of oxazole rings is 2. The Morgan fingerprint density at radius 1 is 1.28 bits per heavy atom. The van der Waals surface area contributed by atoms with Crippen molar-refractivity contribution < 1.29 is 18.4 Å². The van der Waals surface area contributed by atoms with Crippen LogP contribution in [0.1, 0.15) is 21.9 Å². The van der Waals surface area contributed by atoms with Crippen LogP contribution in [0.25, 0.3) is 11.1 Å². The fourth-order valence-electron chi connectivity index (χ4n) is 2.65. The van der Waals surface area contributed by atoms with Crippen LogP contribution >= 0.6 is 11.8 Å². The number of thioether (sulfide) groups is 1. The number of carbonyl (C=O) groups is 1. The summed E-state index contributed by atoms with van der Waals surface area (Å²) in [4.78, 5) is 22.8. The largest absolute Gasteiger partial charge is 0.447 e. The fourth-order valence-corrected chi connectivity index (χ4v) is 3.34. The lowest BCUT2D eigenvalue weighted by Crippen LogP contribution is -2.40. The highest BCUT2D eigenvalue weighted by Crippen LogP contribution is 2.27. The van der Waals surface area contributed by atoms with Crippen LogP contribution in [-0.2, 0) is 10.5 Å². The number of aromatic nitrogens is 2. The predicted molar refractivity (Wildman–Crippen MR) is 91.5 cm³/mol. The van der Waals surface area contributed by atoms with Crippen LogP contribution < -0.4 is 0 Å². The molecule has 0 radical (unpaired) electrons. The molecule has 130 valence electrons. The number of rotatable bonds is 4. The first kappa shape index (κ1) is 16.2. The van der Waals surface area contributed by atoms with Crippen molar-refractivity contribution >= 4 is 28.8 Å². The first-order valence-corrected chi connectivity index (χ1v) is 8.99. The molecule has 1 fully saturated rings. The number of benzene rings is 1. The van der Waals surface area contributed by atoms with E-state index in [1.807, 2.05) is 25.1 Å². The predicted octanol–water partition coefficient (Wildman–Crippen LogP) is 2.89. The van der Waals surface area contributed by atoms with Crippen LogP contribution in [0.2, 0.25) is 0 Å². The second kappa shape index (κ2) is 6.89. The Hall–Kier alpha value is -2.32. The maximum absolute atomic E-state index is 12.4.